The molecule has 0 fully saturated rings. The van der Waals surface area contributed by atoms with Crippen LogP contribution in [0.4, 0.5) is 0 Å². The Balaban J connectivity index is 2.58. The molecule has 0 saturated heterocycles. The number of ketones is 1. The van der Waals surface area contributed by atoms with Crippen LogP contribution in [-0.4, -0.2) is 11.0 Å². The van der Waals surface area contributed by atoms with Crippen LogP contribution in [0.15, 0.2) is 35.2 Å². The molecular weight excluding hydrogens is 168 g/mol. The first-order valence-electron chi connectivity index (χ1n) is 3.92. The van der Waals surface area contributed by atoms with Gasteiger partial charge >= 0.3 is 0 Å². The number of hydrogen-bond acceptors (Lipinski definition) is 2. The molecule has 0 radical (unpaired) electrons. The fourth-order valence-electron chi connectivity index (χ4n) is 0.786. The Kier molecular flexibility index (Phi) is 3.35. The average Bonchev–Trinajstić information content (AvgIpc) is 2.06. The molecule has 0 aromatic heterocycles. The molecule has 1 nitrogen and oxygen atoms in total. The Hall–Kier alpha value is -0.760. The molecule has 2 heteroatoms. The summed E-state index contributed by atoms with van der Waals surface area (Å²) in [6.45, 7) is 3.56. The molecular formula is C10H12OS. The van der Waals surface area contributed by atoms with Gasteiger partial charge in [0.1, 0.15) is 5.78 Å². The molecule has 0 heterocycles. The number of benzene rings is 1. The number of carbonyl (C=O) groups is 1. The first kappa shape index (κ1) is 9.33. The van der Waals surface area contributed by atoms with E-state index in [4.69, 9.17) is 0 Å². The first-order chi connectivity index (χ1) is 5.70. The summed E-state index contributed by atoms with van der Waals surface area (Å²) in [7, 11) is 0. The van der Waals surface area contributed by atoms with E-state index in [2.05, 4.69) is 0 Å². The lowest BCUT2D eigenvalue weighted by atomic mass is 10.3. The van der Waals surface area contributed by atoms with Crippen molar-refractivity contribution in [3.63, 3.8) is 0 Å². The minimum Gasteiger partial charge on any atom is -0.299 e. The highest BCUT2D eigenvalue weighted by Crippen LogP contribution is 2.22. The molecule has 64 valence electrons. The third-order valence-corrected chi connectivity index (χ3v) is 2.86. The van der Waals surface area contributed by atoms with Crippen LogP contribution in [0.1, 0.15) is 13.8 Å². The van der Waals surface area contributed by atoms with E-state index < -0.39 is 0 Å². The summed E-state index contributed by atoms with van der Waals surface area (Å²) in [6, 6.07) is 9.97. The van der Waals surface area contributed by atoms with Gasteiger partial charge < -0.3 is 0 Å². The number of carbonyl (C=O) groups excluding carboxylic acids is 1. The van der Waals surface area contributed by atoms with Crippen molar-refractivity contribution in [1.29, 1.82) is 0 Å². The van der Waals surface area contributed by atoms with Gasteiger partial charge in [-0.3, -0.25) is 4.79 Å². The average molecular weight is 180 g/mol. The van der Waals surface area contributed by atoms with E-state index in [9.17, 15) is 4.79 Å². The van der Waals surface area contributed by atoms with Crippen LogP contribution in [0.3, 0.4) is 0 Å². The highest BCUT2D eigenvalue weighted by atomic mass is 32.2. The Bertz CT molecular complexity index is 256. The molecule has 1 aromatic rings. The third kappa shape index (κ3) is 2.70. The molecule has 0 aliphatic heterocycles. The number of thioether (sulfide) groups is 1. The lowest BCUT2D eigenvalue weighted by Gasteiger charge is -2.05. The van der Waals surface area contributed by atoms with Crippen LogP contribution in [0.2, 0.25) is 0 Å². The predicted molar refractivity (Wildman–Crippen MR) is 52.4 cm³/mol. The van der Waals surface area contributed by atoms with Crippen molar-refractivity contribution in [1.82, 2.24) is 0 Å². The maximum Gasteiger partial charge on any atom is 0.142 e. The van der Waals surface area contributed by atoms with Gasteiger partial charge in [-0.25, -0.2) is 0 Å². The summed E-state index contributed by atoms with van der Waals surface area (Å²) in [6.07, 6.45) is 0. The smallest absolute Gasteiger partial charge is 0.142 e. The fourth-order valence-corrected chi connectivity index (χ4v) is 1.67. The van der Waals surface area contributed by atoms with E-state index in [0.717, 1.165) is 4.90 Å². The molecule has 0 aliphatic rings. The molecule has 0 spiro atoms. The topological polar surface area (TPSA) is 17.1 Å². The molecule has 0 amide bonds. The molecule has 0 aliphatic carbocycles. The molecule has 1 atom stereocenters. The van der Waals surface area contributed by atoms with Crippen molar-refractivity contribution in [3.8, 4) is 0 Å². The van der Waals surface area contributed by atoms with Crippen LogP contribution < -0.4 is 0 Å². The Morgan fingerprint density at radius 1 is 1.33 bits per heavy atom. The minimum atomic E-state index is 0.0624. The number of rotatable bonds is 3. The van der Waals surface area contributed by atoms with Gasteiger partial charge in [0.25, 0.3) is 0 Å². The van der Waals surface area contributed by atoms with Gasteiger partial charge in [0, 0.05) is 4.90 Å². The molecule has 0 bridgehead atoms. The Labute approximate surface area is 77.2 Å². The molecule has 0 saturated carbocycles. The van der Waals surface area contributed by atoms with E-state index in [1.165, 1.54) is 0 Å². The third-order valence-electron chi connectivity index (χ3n) is 1.63. The van der Waals surface area contributed by atoms with E-state index in [1.807, 2.05) is 37.3 Å². The number of hydrogen-bond donors (Lipinski definition) is 0. The zero-order chi connectivity index (χ0) is 8.97. The highest BCUT2D eigenvalue weighted by Gasteiger charge is 2.07. The lowest BCUT2D eigenvalue weighted by molar-refractivity contribution is -0.116. The van der Waals surface area contributed by atoms with Gasteiger partial charge in [0.05, 0.1) is 5.25 Å². The van der Waals surface area contributed by atoms with Gasteiger partial charge in [-0.1, -0.05) is 18.2 Å². The second kappa shape index (κ2) is 4.31. The SMILES string of the molecule is CC(=O)C(C)Sc1ccccc1. The van der Waals surface area contributed by atoms with Gasteiger partial charge in [0.2, 0.25) is 0 Å². The van der Waals surface area contributed by atoms with Crippen LogP contribution in [0, 0.1) is 0 Å². The van der Waals surface area contributed by atoms with E-state index >= 15 is 0 Å². The van der Waals surface area contributed by atoms with Gasteiger partial charge in [-0.2, -0.15) is 0 Å². The zero-order valence-electron chi connectivity index (χ0n) is 7.28. The summed E-state index contributed by atoms with van der Waals surface area (Å²) >= 11 is 1.60. The van der Waals surface area contributed by atoms with Crippen molar-refractivity contribution in [3.05, 3.63) is 30.3 Å². The maximum atomic E-state index is 10.9. The van der Waals surface area contributed by atoms with E-state index in [-0.39, 0.29) is 11.0 Å². The van der Waals surface area contributed by atoms with Crippen molar-refractivity contribution >= 4 is 17.5 Å². The van der Waals surface area contributed by atoms with Crippen LogP contribution >= 0.6 is 11.8 Å². The van der Waals surface area contributed by atoms with Crippen molar-refractivity contribution in [2.24, 2.45) is 0 Å². The lowest BCUT2D eigenvalue weighted by Crippen LogP contribution is -2.07. The van der Waals surface area contributed by atoms with Crippen molar-refractivity contribution in [2.45, 2.75) is 24.0 Å². The molecule has 12 heavy (non-hydrogen) atoms. The van der Waals surface area contributed by atoms with Crippen LogP contribution in [0.25, 0.3) is 0 Å². The largest absolute Gasteiger partial charge is 0.299 e. The van der Waals surface area contributed by atoms with Gasteiger partial charge in [-0.05, 0) is 26.0 Å². The van der Waals surface area contributed by atoms with Crippen molar-refractivity contribution < 1.29 is 4.79 Å². The van der Waals surface area contributed by atoms with Crippen LogP contribution in [0.5, 0.6) is 0 Å². The van der Waals surface area contributed by atoms with Crippen molar-refractivity contribution in [2.75, 3.05) is 0 Å². The predicted octanol–water partition coefficient (Wildman–Crippen LogP) is 2.76. The summed E-state index contributed by atoms with van der Waals surface area (Å²) in [4.78, 5) is 12.1. The molecule has 1 unspecified atom stereocenters. The second-order valence-corrected chi connectivity index (χ2v) is 4.10. The minimum absolute atomic E-state index is 0.0624. The standard InChI is InChI=1S/C10H12OS/c1-8(11)9(2)12-10-6-4-3-5-7-10/h3-7,9H,1-2H3. The zero-order valence-corrected chi connectivity index (χ0v) is 8.10. The monoisotopic (exact) mass is 180 g/mol. The van der Waals surface area contributed by atoms with E-state index in [1.54, 1.807) is 18.7 Å². The van der Waals surface area contributed by atoms with Crippen LogP contribution in [-0.2, 0) is 4.79 Å². The van der Waals surface area contributed by atoms with E-state index in [0.29, 0.717) is 0 Å². The second-order valence-electron chi connectivity index (χ2n) is 2.68. The normalized spacial score (nSPS) is 12.5. The van der Waals surface area contributed by atoms with Gasteiger partial charge in [0.15, 0.2) is 0 Å². The summed E-state index contributed by atoms with van der Waals surface area (Å²) in [5.74, 6) is 0.226. The van der Waals surface area contributed by atoms with Gasteiger partial charge in [-0.15, -0.1) is 11.8 Å². The molecule has 1 rings (SSSR count). The highest BCUT2D eigenvalue weighted by molar-refractivity contribution is 8.00. The summed E-state index contributed by atoms with van der Waals surface area (Å²) in [5, 5.41) is 0.0624. The number of Topliss-reactive ketones (excluding diaryl/α,β-unsaturated/α-hetero) is 1. The fraction of sp³-hybridized carbons (Fsp3) is 0.300. The maximum absolute atomic E-state index is 10.9. The molecule has 1 aromatic carbocycles. The first-order valence-corrected chi connectivity index (χ1v) is 4.80. The summed E-state index contributed by atoms with van der Waals surface area (Å²) in [5.41, 5.74) is 0. The Morgan fingerprint density at radius 3 is 2.42 bits per heavy atom. The Morgan fingerprint density at radius 2 is 1.92 bits per heavy atom. The molecule has 0 N–H and O–H groups in total. The quantitative estimate of drug-likeness (QED) is 0.665. The summed E-state index contributed by atoms with van der Waals surface area (Å²) < 4.78 is 0.